The lowest BCUT2D eigenvalue weighted by molar-refractivity contribution is -0.136. The van der Waals surface area contributed by atoms with Gasteiger partial charge in [-0.3, -0.25) is 4.79 Å². The molecule has 0 atom stereocenters. The van der Waals surface area contributed by atoms with Crippen molar-refractivity contribution in [2.75, 3.05) is 0 Å². The van der Waals surface area contributed by atoms with Crippen molar-refractivity contribution >= 4 is 5.97 Å². The zero-order chi connectivity index (χ0) is 11.4. The molecule has 16 heavy (non-hydrogen) atoms. The van der Waals surface area contributed by atoms with Gasteiger partial charge in [-0.2, -0.15) is 0 Å². The Balaban J connectivity index is 2.16. The van der Waals surface area contributed by atoms with Crippen LogP contribution in [0.1, 0.15) is 11.3 Å². The average Bonchev–Trinajstić information content (AvgIpc) is 2.66. The molecule has 0 saturated heterocycles. The van der Waals surface area contributed by atoms with E-state index in [1.807, 2.05) is 53.2 Å². The van der Waals surface area contributed by atoms with Crippen molar-refractivity contribution in [3.63, 3.8) is 0 Å². The molecule has 0 spiro atoms. The molecule has 2 rings (SSSR count). The molecule has 2 aromatic rings. The molecule has 1 heterocycles. The number of carboxylic acid groups (broad SMARTS) is 1. The smallest absolute Gasteiger partial charge is 0.309 e. The number of carbonyl (C=O) groups is 1. The molecule has 0 amide bonds. The first-order valence-corrected chi connectivity index (χ1v) is 5.15. The van der Waals surface area contributed by atoms with E-state index in [1.165, 1.54) is 5.56 Å². The molecule has 82 valence electrons. The highest BCUT2D eigenvalue weighted by molar-refractivity contribution is 5.69. The maximum absolute atomic E-state index is 10.7. The number of rotatable bonds is 4. The van der Waals surface area contributed by atoms with E-state index in [1.54, 1.807) is 0 Å². The molecule has 0 aliphatic rings. The maximum atomic E-state index is 10.7. The van der Waals surface area contributed by atoms with Crippen LogP contribution in [0.25, 0.3) is 0 Å². The first-order chi connectivity index (χ1) is 7.75. The third kappa shape index (κ3) is 2.51. The van der Waals surface area contributed by atoms with Gasteiger partial charge in [0.15, 0.2) is 0 Å². The number of nitrogens with zero attached hydrogens (tertiary/aromatic N) is 1. The summed E-state index contributed by atoms with van der Waals surface area (Å²) in [6, 6.07) is 13.7. The molecule has 3 nitrogen and oxygen atoms in total. The average molecular weight is 215 g/mol. The van der Waals surface area contributed by atoms with Crippen molar-refractivity contribution < 1.29 is 9.90 Å². The fourth-order valence-electron chi connectivity index (χ4n) is 1.70. The quantitative estimate of drug-likeness (QED) is 0.849. The molecule has 0 radical (unpaired) electrons. The van der Waals surface area contributed by atoms with Crippen LogP contribution in [0.5, 0.6) is 0 Å². The Morgan fingerprint density at radius 2 is 1.88 bits per heavy atom. The van der Waals surface area contributed by atoms with Gasteiger partial charge in [-0.1, -0.05) is 30.3 Å². The SMILES string of the molecule is O=C(O)Cc1cccn1Cc1ccccc1. The zero-order valence-corrected chi connectivity index (χ0v) is 8.84. The molecule has 0 aliphatic carbocycles. The van der Waals surface area contributed by atoms with Crippen molar-refractivity contribution in [3.8, 4) is 0 Å². The van der Waals surface area contributed by atoms with Gasteiger partial charge in [0.1, 0.15) is 0 Å². The van der Waals surface area contributed by atoms with E-state index in [9.17, 15) is 4.79 Å². The number of aromatic nitrogens is 1. The normalized spacial score (nSPS) is 10.2. The van der Waals surface area contributed by atoms with Crippen LogP contribution in [-0.2, 0) is 17.8 Å². The Morgan fingerprint density at radius 3 is 2.56 bits per heavy atom. The van der Waals surface area contributed by atoms with E-state index >= 15 is 0 Å². The Kier molecular flexibility index (Phi) is 3.05. The second-order valence-corrected chi connectivity index (χ2v) is 3.68. The summed E-state index contributed by atoms with van der Waals surface area (Å²) in [6.45, 7) is 0.719. The van der Waals surface area contributed by atoms with Crippen LogP contribution in [0.2, 0.25) is 0 Å². The van der Waals surface area contributed by atoms with Crippen molar-refractivity contribution in [1.82, 2.24) is 4.57 Å². The fraction of sp³-hybridized carbons (Fsp3) is 0.154. The second-order valence-electron chi connectivity index (χ2n) is 3.68. The fourth-order valence-corrected chi connectivity index (χ4v) is 1.70. The molecule has 3 heteroatoms. The van der Waals surface area contributed by atoms with E-state index < -0.39 is 5.97 Å². The lowest BCUT2D eigenvalue weighted by Crippen LogP contribution is -2.08. The summed E-state index contributed by atoms with van der Waals surface area (Å²) in [5, 5.41) is 8.76. The third-order valence-corrected chi connectivity index (χ3v) is 2.45. The monoisotopic (exact) mass is 215 g/mol. The van der Waals surface area contributed by atoms with Gasteiger partial charge >= 0.3 is 5.97 Å². The molecule has 0 saturated carbocycles. The molecule has 0 bridgehead atoms. The van der Waals surface area contributed by atoms with Crippen LogP contribution in [0.4, 0.5) is 0 Å². The number of benzene rings is 1. The highest BCUT2D eigenvalue weighted by Gasteiger charge is 2.05. The molecule has 0 fully saturated rings. The Labute approximate surface area is 94.0 Å². The Bertz CT molecular complexity index is 474. The lowest BCUT2D eigenvalue weighted by Gasteiger charge is -2.07. The van der Waals surface area contributed by atoms with Gasteiger partial charge in [0.2, 0.25) is 0 Å². The highest BCUT2D eigenvalue weighted by Crippen LogP contribution is 2.08. The van der Waals surface area contributed by atoms with Crippen molar-refractivity contribution in [2.45, 2.75) is 13.0 Å². The third-order valence-electron chi connectivity index (χ3n) is 2.45. The minimum atomic E-state index is -0.798. The van der Waals surface area contributed by atoms with Crippen LogP contribution in [0, 0.1) is 0 Å². The Morgan fingerprint density at radius 1 is 1.12 bits per heavy atom. The van der Waals surface area contributed by atoms with E-state index in [0.29, 0.717) is 0 Å². The molecular weight excluding hydrogens is 202 g/mol. The predicted octanol–water partition coefficient (Wildman–Crippen LogP) is 2.16. The molecule has 1 aromatic heterocycles. The van der Waals surface area contributed by atoms with E-state index in [2.05, 4.69) is 0 Å². The summed E-state index contributed by atoms with van der Waals surface area (Å²) in [5.41, 5.74) is 2.00. The largest absolute Gasteiger partial charge is 0.481 e. The zero-order valence-electron chi connectivity index (χ0n) is 8.84. The standard InChI is InChI=1S/C13H13NO2/c15-13(16)9-12-7-4-8-14(12)10-11-5-2-1-3-6-11/h1-8H,9-10H2,(H,15,16). The predicted molar refractivity (Wildman–Crippen MR) is 61.3 cm³/mol. The molecular formula is C13H13NO2. The number of carboxylic acids is 1. The van der Waals surface area contributed by atoms with Gasteiger partial charge < -0.3 is 9.67 Å². The summed E-state index contributed by atoms with van der Waals surface area (Å²) in [6.07, 6.45) is 1.98. The van der Waals surface area contributed by atoms with E-state index in [0.717, 1.165) is 12.2 Å². The molecule has 1 aromatic carbocycles. The van der Waals surface area contributed by atoms with Crippen LogP contribution in [-0.4, -0.2) is 15.6 Å². The maximum Gasteiger partial charge on any atom is 0.309 e. The number of hydrogen-bond donors (Lipinski definition) is 1. The first-order valence-electron chi connectivity index (χ1n) is 5.15. The second kappa shape index (κ2) is 4.66. The lowest BCUT2D eigenvalue weighted by atomic mass is 10.2. The van der Waals surface area contributed by atoms with Crippen molar-refractivity contribution in [3.05, 3.63) is 59.9 Å². The molecule has 0 unspecified atom stereocenters. The number of aliphatic carboxylic acids is 1. The van der Waals surface area contributed by atoms with Gasteiger partial charge in [0, 0.05) is 18.4 Å². The van der Waals surface area contributed by atoms with Crippen molar-refractivity contribution in [1.29, 1.82) is 0 Å². The summed E-state index contributed by atoms with van der Waals surface area (Å²) >= 11 is 0. The van der Waals surface area contributed by atoms with Gasteiger partial charge in [-0.15, -0.1) is 0 Å². The van der Waals surface area contributed by atoms with Gasteiger partial charge in [0.05, 0.1) is 6.42 Å². The summed E-state index contributed by atoms with van der Waals surface area (Å²) in [5.74, 6) is -0.798. The van der Waals surface area contributed by atoms with E-state index in [-0.39, 0.29) is 6.42 Å². The highest BCUT2D eigenvalue weighted by atomic mass is 16.4. The van der Waals surface area contributed by atoms with Crippen LogP contribution in [0.15, 0.2) is 48.7 Å². The summed E-state index contributed by atoms with van der Waals surface area (Å²) in [4.78, 5) is 10.7. The summed E-state index contributed by atoms with van der Waals surface area (Å²) < 4.78 is 1.96. The minimum Gasteiger partial charge on any atom is -0.481 e. The van der Waals surface area contributed by atoms with Crippen LogP contribution in [0.3, 0.4) is 0 Å². The first kappa shape index (κ1) is 10.5. The van der Waals surface area contributed by atoms with E-state index in [4.69, 9.17) is 5.11 Å². The topological polar surface area (TPSA) is 42.2 Å². The Hall–Kier alpha value is -2.03. The van der Waals surface area contributed by atoms with Crippen molar-refractivity contribution in [2.24, 2.45) is 0 Å². The molecule has 1 N–H and O–H groups in total. The van der Waals surface area contributed by atoms with Gasteiger partial charge in [0.25, 0.3) is 0 Å². The van der Waals surface area contributed by atoms with Gasteiger partial charge in [-0.25, -0.2) is 0 Å². The van der Waals surface area contributed by atoms with Crippen LogP contribution < -0.4 is 0 Å². The van der Waals surface area contributed by atoms with Gasteiger partial charge in [-0.05, 0) is 17.7 Å². The number of hydrogen-bond acceptors (Lipinski definition) is 1. The van der Waals surface area contributed by atoms with Crippen LogP contribution >= 0.6 is 0 Å². The molecule has 0 aliphatic heterocycles. The minimum absolute atomic E-state index is 0.0693. The summed E-state index contributed by atoms with van der Waals surface area (Å²) in [7, 11) is 0.